The summed E-state index contributed by atoms with van der Waals surface area (Å²) in [6.07, 6.45) is -4.79. The number of alkyl halides is 3. The van der Waals surface area contributed by atoms with Crippen LogP contribution in [0, 0.1) is 25.2 Å². The van der Waals surface area contributed by atoms with E-state index in [1.165, 1.54) is 12.1 Å². The number of hydrogen-bond acceptors (Lipinski definition) is 4. The average molecular weight is 518 g/mol. The number of aryl methyl sites for hydroxylation is 1. The molecule has 0 aliphatic rings. The van der Waals surface area contributed by atoms with Crippen LogP contribution < -0.4 is 5.32 Å². The highest BCUT2D eigenvalue weighted by Crippen LogP contribution is 2.35. The molecule has 0 aliphatic heterocycles. The molecule has 11 heteroatoms. The van der Waals surface area contributed by atoms with Gasteiger partial charge in [-0.25, -0.2) is 4.98 Å². The summed E-state index contributed by atoms with van der Waals surface area (Å²) in [7, 11) is 0. The standard InChI is InChI=1S/C24H16Cl2F3N5O/c1-12-21(13(2)34(33-12)11-15-5-3-14(10-30)4-6-15)32-23(35)18-9-20(24(27,28)29)31-22-17(18)7-16(25)8-19(22)26/h3-9H,11H2,1-2H3,(H,32,35). The highest BCUT2D eigenvalue weighted by Gasteiger charge is 2.34. The van der Waals surface area contributed by atoms with Gasteiger partial charge in [0, 0.05) is 10.4 Å². The monoisotopic (exact) mass is 517 g/mol. The summed E-state index contributed by atoms with van der Waals surface area (Å²) >= 11 is 12.1. The Labute approximate surface area is 207 Å². The average Bonchev–Trinajstić information content (AvgIpc) is 3.05. The number of amides is 1. The van der Waals surface area contributed by atoms with Crippen LogP contribution in [-0.2, 0) is 12.7 Å². The van der Waals surface area contributed by atoms with Crippen molar-refractivity contribution in [2.45, 2.75) is 26.6 Å². The first-order valence-electron chi connectivity index (χ1n) is 10.2. The van der Waals surface area contributed by atoms with E-state index in [-0.39, 0.29) is 26.5 Å². The molecular weight excluding hydrogens is 502 g/mol. The van der Waals surface area contributed by atoms with Crippen molar-refractivity contribution in [3.8, 4) is 6.07 Å². The van der Waals surface area contributed by atoms with E-state index in [0.717, 1.165) is 5.56 Å². The molecule has 178 valence electrons. The Morgan fingerprint density at radius 3 is 2.46 bits per heavy atom. The highest BCUT2D eigenvalue weighted by molar-refractivity contribution is 6.39. The number of carbonyl (C=O) groups is 1. The molecule has 0 bridgehead atoms. The molecular formula is C24H16Cl2F3N5O. The first kappa shape index (κ1) is 24.5. The van der Waals surface area contributed by atoms with E-state index >= 15 is 0 Å². The molecule has 6 nitrogen and oxygen atoms in total. The number of anilines is 1. The second-order valence-corrected chi connectivity index (χ2v) is 8.65. The minimum absolute atomic E-state index is 0.0910. The van der Waals surface area contributed by atoms with Crippen LogP contribution in [0.1, 0.15) is 38.6 Å². The fraction of sp³-hybridized carbons (Fsp3) is 0.167. The van der Waals surface area contributed by atoms with Crippen molar-refractivity contribution in [2.24, 2.45) is 0 Å². The van der Waals surface area contributed by atoms with Gasteiger partial charge >= 0.3 is 6.18 Å². The first-order chi connectivity index (χ1) is 16.5. The van der Waals surface area contributed by atoms with Gasteiger partial charge in [-0.15, -0.1) is 0 Å². The quantitative estimate of drug-likeness (QED) is 0.332. The van der Waals surface area contributed by atoms with Crippen LogP contribution in [0.2, 0.25) is 10.0 Å². The molecule has 0 saturated carbocycles. The van der Waals surface area contributed by atoms with Crippen molar-refractivity contribution in [1.82, 2.24) is 14.8 Å². The zero-order valence-corrected chi connectivity index (χ0v) is 19.8. The molecule has 0 radical (unpaired) electrons. The maximum Gasteiger partial charge on any atom is 0.433 e. The van der Waals surface area contributed by atoms with Gasteiger partial charge in [0.25, 0.3) is 5.91 Å². The van der Waals surface area contributed by atoms with Gasteiger partial charge in [-0.05, 0) is 49.7 Å². The van der Waals surface area contributed by atoms with Crippen LogP contribution in [0.3, 0.4) is 0 Å². The van der Waals surface area contributed by atoms with Crippen LogP contribution in [0.4, 0.5) is 18.9 Å². The number of nitriles is 1. The predicted molar refractivity (Wildman–Crippen MR) is 127 cm³/mol. The summed E-state index contributed by atoms with van der Waals surface area (Å²) in [6.45, 7) is 3.78. The van der Waals surface area contributed by atoms with Crippen LogP contribution in [0.25, 0.3) is 10.9 Å². The normalized spacial score (nSPS) is 11.5. The van der Waals surface area contributed by atoms with Gasteiger partial charge in [0.15, 0.2) is 0 Å². The third-order valence-corrected chi connectivity index (χ3v) is 5.91. The Kier molecular flexibility index (Phi) is 6.45. The lowest BCUT2D eigenvalue weighted by Gasteiger charge is -2.13. The molecule has 4 aromatic rings. The zero-order chi connectivity index (χ0) is 25.5. The van der Waals surface area contributed by atoms with E-state index < -0.39 is 17.8 Å². The Hall–Kier alpha value is -3.61. The maximum atomic E-state index is 13.5. The Bertz CT molecular complexity index is 1510. The van der Waals surface area contributed by atoms with Gasteiger partial charge in [-0.2, -0.15) is 23.5 Å². The van der Waals surface area contributed by atoms with E-state index in [1.54, 1.807) is 42.8 Å². The molecule has 0 unspecified atom stereocenters. The summed E-state index contributed by atoms with van der Waals surface area (Å²) in [6, 6.07) is 12.3. The molecule has 1 N–H and O–H groups in total. The van der Waals surface area contributed by atoms with Crippen LogP contribution in [0.15, 0.2) is 42.5 Å². The van der Waals surface area contributed by atoms with Gasteiger partial charge < -0.3 is 5.32 Å². The number of aromatic nitrogens is 3. The number of nitrogens with one attached hydrogen (secondary N) is 1. The van der Waals surface area contributed by atoms with Crippen molar-refractivity contribution >= 4 is 45.7 Å². The molecule has 4 rings (SSSR count). The van der Waals surface area contributed by atoms with E-state index in [9.17, 15) is 18.0 Å². The summed E-state index contributed by atoms with van der Waals surface area (Å²) < 4.78 is 42.1. The number of carbonyl (C=O) groups excluding carboxylic acids is 1. The Balaban J connectivity index is 1.72. The fourth-order valence-corrected chi connectivity index (χ4v) is 4.19. The Morgan fingerprint density at radius 1 is 1.14 bits per heavy atom. The van der Waals surface area contributed by atoms with Crippen molar-refractivity contribution in [3.63, 3.8) is 0 Å². The topological polar surface area (TPSA) is 83.6 Å². The van der Waals surface area contributed by atoms with Gasteiger partial charge in [-0.1, -0.05) is 35.3 Å². The van der Waals surface area contributed by atoms with Crippen LogP contribution in [-0.4, -0.2) is 20.7 Å². The highest BCUT2D eigenvalue weighted by atomic mass is 35.5. The van der Waals surface area contributed by atoms with Crippen molar-refractivity contribution in [2.75, 3.05) is 5.32 Å². The minimum atomic E-state index is -4.79. The second-order valence-electron chi connectivity index (χ2n) is 7.80. The molecule has 2 heterocycles. The number of nitrogens with zero attached hydrogens (tertiary/aromatic N) is 4. The number of rotatable bonds is 4. The number of halogens is 5. The molecule has 0 spiro atoms. The predicted octanol–water partition coefficient (Wildman–Crippen LogP) is 6.55. The second kappa shape index (κ2) is 9.21. The molecule has 0 atom stereocenters. The Morgan fingerprint density at radius 2 is 1.83 bits per heavy atom. The first-order valence-corrected chi connectivity index (χ1v) is 10.9. The van der Waals surface area contributed by atoms with Crippen molar-refractivity contribution < 1.29 is 18.0 Å². The summed E-state index contributed by atoms with van der Waals surface area (Å²) in [5.41, 5.74) is 1.16. The number of fused-ring (bicyclic) bond motifs is 1. The molecule has 0 saturated heterocycles. The maximum absolute atomic E-state index is 13.5. The molecule has 0 aliphatic carbocycles. The fourth-order valence-electron chi connectivity index (χ4n) is 3.66. The van der Waals surface area contributed by atoms with Crippen LogP contribution >= 0.6 is 23.2 Å². The molecule has 35 heavy (non-hydrogen) atoms. The van der Waals surface area contributed by atoms with E-state index in [2.05, 4.69) is 21.5 Å². The van der Waals surface area contributed by atoms with Crippen molar-refractivity contribution in [1.29, 1.82) is 5.26 Å². The summed E-state index contributed by atoms with van der Waals surface area (Å²) in [5.74, 6) is -0.787. The number of pyridine rings is 1. The SMILES string of the molecule is Cc1nn(Cc2ccc(C#N)cc2)c(C)c1NC(=O)c1cc(C(F)(F)F)nc2c(Cl)cc(Cl)cc12. The molecule has 0 fully saturated rings. The van der Waals surface area contributed by atoms with Crippen LogP contribution in [0.5, 0.6) is 0 Å². The van der Waals surface area contributed by atoms with E-state index in [0.29, 0.717) is 35.2 Å². The van der Waals surface area contributed by atoms with Gasteiger partial charge in [0.05, 0.1) is 51.4 Å². The lowest BCUT2D eigenvalue weighted by Crippen LogP contribution is -2.17. The van der Waals surface area contributed by atoms with E-state index in [1.807, 2.05) is 0 Å². The summed E-state index contributed by atoms with van der Waals surface area (Å²) in [5, 5.41) is 16.2. The third-order valence-electron chi connectivity index (χ3n) is 5.40. The summed E-state index contributed by atoms with van der Waals surface area (Å²) in [4.78, 5) is 16.8. The van der Waals surface area contributed by atoms with Gasteiger partial charge in [0.2, 0.25) is 0 Å². The zero-order valence-electron chi connectivity index (χ0n) is 18.3. The number of benzene rings is 2. The largest absolute Gasteiger partial charge is 0.433 e. The van der Waals surface area contributed by atoms with Crippen molar-refractivity contribution in [3.05, 3.63) is 86.3 Å². The van der Waals surface area contributed by atoms with E-state index in [4.69, 9.17) is 28.5 Å². The molecule has 2 aromatic heterocycles. The lowest BCUT2D eigenvalue weighted by molar-refractivity contribution is -0.140. The van der Waals surface area contributed by atoms with Gasteiger partial charge in [-0.3, -0.25) is 9.48 Å². The smallest absolute Gasteiger partial charge is 0.319 e. The third kappa shape index (κ3) is 4.94. The number of hydrogen-bond donors (Lipinski definition) is 1. The minimum Gasteiger partial charge on any atom is -0.319 e. The van der Waals surface area contributed by atoms with Gasteiger partial charge in [0.1, 0.15) is 5.69 Å². The molecule has 2 aromatic carbocycles. The lowest BCUT2D eigenvalue weighted by atomic mass is 10.1. The molecule has 1 amide bonds.